The SMILES string of the molecule is CCC(F)C(F)(F)C(F)(F)C(F)(F)C(F)(F)OC(=O)C(F)=C(F)F. The lowest BCUT2D eigenvalue weighted by molar-refractivity contribution is -0.421. The topological polar surface area (TPSA) is 26.3 Å². The summed E-state index contributed by atoms with van der Waals surface area (Å²) in [6, 6.07) is 0. The van der Waals surface area contributed by atoms with Gasteiger partial charge in [-0.1, -0.05) is 6.92 Å². The molecule has 0 aromatic rings. The van der Waals surface area contributed by atoms with E-state index >= 15 is 0 Å². The quantitative estimate of drug-likeness (QED) is 0.355. The first kappa shape index (κ1) is 22.4. The molecule has 0 spiro atoms. The third kappa shape index (κ3) is 3.55. The Morgan fingerprint density at radius 1 is 0.917 bits per heavy atom. The molecular weight excluding hydrogens is 380 g/mol. The van der Waals surface area contributed by atoms with Crippen LogP contribution in [0.2, 0.25) is 0 Å². The number of carbonyl (C=O) groups is 1. The van der Waals surface area contributed by atoms with Crippen LogP contribution in [0.3, 0.4) is 0 Å². The average Bonchev–Trinajstić information content (AvgIpc) is 2.43. The van der Waals surface area contributed by atoms with Crippen molar-refractivity contribution in [3.63, 3.8) is 0 Å². The van der Waals surface area contributed by atoms with Gasteiger partial charge in [-0.25, -0.2) is 9.18 Å². The van der Waals surface area contributed by atoms with Crippen LogP contribution in [0.5, 0.6) is 0 Å². The second kappa shape index (κ2) is 6.70. The lowest BCUT2D eigenvalue weighted by atomic mass is 9.98. The zero-order valence-electron chi connectivity index (χ0n) is 11.1. The summed E-state index contributed by atoms with van der Waals surface area (Å²) in [7, 11) is 0. The molecule has 1 atom stereocenters. The van der Waals surface area contributed by atoms with E-state index in [2.05, 4.69) is 4.74 Å². The van der Waals surface area contributed by atoms with E-state index in [1.807, 2.05) is 0 Å². The van der Waals surface area contributed by atoms with E-state index < -0.39 is 54.3 Å². The summed E-state index contributed by atoms with van der Waals surface area (Å²) in [6.07, 6.45) is -16.0. The number of alkyl halides is 9. The number of halogens is 12. The summed E-state index contributed by atoms with van der Waals surface area (Å²) < 4.78 is 154. The number of esters is 1. The van der Waals surface area contributed by atoms with Gasteiger partial charge in [-0.2, -0.15) is 48.3 Å². The van der Waals surface area contributed by atoms with Gasteiger partial charge in [0.05, 0.1) is 0 Å². The predicted octanol–water partition coefficient (Wildman–Crippen LogP) is 4.85. The van der Waals surface area contributed by atoms with E-state index in [9.17, 15) is 57.5 Å². The van der Waals surface area contributed by atoms with Crippen molar-refractivity contribution in [2.75, 3.05) is 0 Å². The standard InChI is InChI=1S/C10H6F12O2/c1-2-3(11)7(15,16)8(17,18)9(19,20)10(21,22)24-6(23)4(12)5(13)14/h3H,2H2,1H3. The fourth-order valence-electron chi connectivity index (χ4n) is 1.15. The van der Waals surface area contributed by atoms with Gasteiger partial charge in [-0.3, -0.25) is 0 Å². The van der Waals surface area contributed by atoms with Crippen molar-refractivity contribution in [3.8, 4) is 0 Å². The smallest absolute Gasteiger partial charge is 0.390 e. The second-order valence-corrected chi connectivity index (χ2v) is 4.13. The molecule has 0 aliphatic rings. The fraction of sp³-hybridized carbons (Fsp3) is 0.700. The summed E-state index contributed by atoms with van der Waals surface area (Å²) >= 11 is 0. The van der Waals surface area contributed by atoms with Crippen molar-refractivity contribution < 1.29 is 62.2 Å². The second-order valence-electron chi connectivity index (χ2n) is 4.13. The Balaban J connectivity index is 5.85. The van der Waals surface area contributed by atoms with Gasteiger partial charge in [0, 0.05) is 0 Å². The van der Waals surface area contributed by atoms with Gasteiger partial charge in [0.25, 0.3) is 5.83 Å². The van der Waals surface area contributed by atoms with Crippen LogP contribution in [-0.4, -0.2) is 36.0 Å². The Kier molecular flexibility index (Phi) is 6.25. The normalized spacial score (nSPS) is 15.0. The number of hydrogen-bond acceptors (Lipinski definition) is 2. The molecule has 24 heavy (non-hydrogen) atoms. The predicted molar refractivity (Wildman–Crippen MR) is 51.4 cm³/mol. The molecule has 0 saturated carbocycles. The zero-order chi connectivity index (χ0) is 19.7. The molecule has 0 N–H and O–H groups in total. The highest BCUT2D eigenvalue weighted by Gasteiger charge is 2.84. The molecular formula is C10H6F12O2. The van der Waals surface area contributed by atoms with Gasteiger partial charge in [0.15, 0.2) is 6.17 Å². The molecule has 0 aromatic heterocycles. The first-order valence-electron chi connectivity index (χ1n) is 5.56. The molecule has 2 nitrogen and oxygen atoms in total. The Hall–Kier alpha value is -1.63. The van der Waals surface area contributed by atoms with E-state index in [1.54, 1.807) is 0 Å². The Morgan fingerprint density at radius 2 is 1.33 bits per heavy atom. The summed E-state index contributed by atoms with van der Waals surface area (Å²) in [5.41, 5.74) is 0. The van der Waals surface area contributed by atoms with E-state index in [0.29, 0.717) is 6.92 Å². The summed E-state index contributed by atoms with van der Waals surface area (Å²) in [4.78, 5) is 10.4. The highest BCUT2D eigenvalue weighted by atomic mass is 19.4. The van der Waals surface area contributed by atoms with Gasteiger partial charge in [-0.05, 0) is 6.42 Å². The van der Waals surface area contributed by atoms with Crippen LogP contribution in [0.1, 0.15) is 13.3 Å². The van der Waals surface area contributed by atoms with Crippen LogP contribution in [0.15, 0.2) is 11.9 Å². The van der Waals surface area contributed by atoms with Crippen molar-refractivity contribution >= 4 is 5.97 Å². The first-order chi connectivity index (χ1) is 10.5. The monoisotopic (exact) mass is 386 g/mol. The molecule has 0 aromatic carbocycles. The third-order valence-electron chi connectivity index (χ3n) is 2.50. The maximum absolute atomic E-state index is 13.1. The molecule has 142 valence electrons. The maximum atomic E-state index is 13.1. The van der Waals surface area contributed by atoms with Crippen molar-refractivity contribution in [2.45, 2.75) is 43.4 Å². The van der Waals surface area contributed by atoms with Crippen molar-refractivity contribution in [2.24, 2.45) is 0 Å². The highest BCUT2D eigenvalue weighted by Crippen LogP contribution is 2.54. The van der Waals surface area contributed by atoms with Crippen LogP contribution < -0.4 is 0 Å². The molecule has 0 amide bonds. The lowest BCUT2D eigenvalue weighted by Gasteiger charge is -2.36. The Morgan fingerprint density at radius 3 is 1.67 bits per heavy atom. The minimum Gasteiger partial charge on any atom is -0.390 e. The number of hydrogen-bond donors (Lipinski definition) is 0. The van der Waals surface area contributed by atoms with Crippen LogP contribution >= 0.6 is 0 Å². The third-order valence-corrected chi connectivity index (χ3v) is 2.50. The minimum atomic E-state index is -7.27. The van der Waals surface area contributed by atoms with Crippen LogP contribution in [0.4, 0.5) is 52.7 Å². The Bertz CT molecular complexity index is 508. The van der Waals surface area contributed by atoms with Gasteiger partial charge < -0.3 is 4.74 Å². The number of rotatable bonds is 7. The first-order valence-corrected chi connectivity index (χ1v) is 5.56. The van der Waals surface area contributed by atoms with Crippen LogP contribution in [-0.2, 0) is 9.53 Å². The summed E-state index contributed by atoms with van der Waals surface area (Å²) in [5, 5.41) is 0. The number of carbonyl (C=O) groups excluding carboxylic acids is 1. The average molecular weight is 386 g/mol. The molecule has 0 saturated heterocycles. The lowest BCUT2D eigenvalue weighted by Crippen LogP contribution is -2.65. The van der Waals surface area contributed by atoms with Crippen molar-refractivity contribution in [3.05, 3.63) is 11.9 Å². The van der Waals surface area contributed by atoms with Gasteiger partial charge in [-0.15, -0.1) is 0 Å². The van der Waals surface area contributed by atoms with Crippen molar-refractivity contribution in [1.29, 1.82) is 0 Å². The van der Waals surface area contributed by atoms with E-state index in [4.69, 9.17) is 0 Å². The van der Waals surface area contributed by atoms with Crippen LogP contribution in [0, 0.1) is 0 Å². The van der Waals surface area contributed by atoms with Gasteiger partial charge >= 0.3 is 35.9 Å². The fourth-order valence-corrected chi connectivity index (χ4v) is 1.15. The van der Waals surface area contributed by atoms with Gasteiger partial charge in [0.2, 0.25) is 0 Å². The Labute approximate surface area is 125 Å². The molecule has 1 unspecified atom stereocenters. The maximum Gasteiger partial charge on any atom is 0.473 e. The van der Waals surface area contributed by atoms with E-state index in [1.165, 1.54) is 0 Å². The molecule has 0 aliphatic heterocycles. The molecule has 14 heteroatoms. The summed E-state index contributed by atoms with van der Waals surface area (Å²) in [5.74, 6) is -27.7. The molecule has 0 aliphatic carbocycles. The van der Waals surface area contributed by atoms with E-state index in [0.717, 1.165) is 0 Å². The zero-order valence-corrected chi connectivity index (χ0v) is 11.1. The number of ether oxygens (including phenoxy) is 1. The summed E-state index contributed by atoms with van der Waals surface area (Å²) in [6.45, 7) is 0.495. The van der Waals surface area contributed by atoms with Crippen molar-refractivity contribution in [1.82, 2.24) is 0 Å². The highest BCUT2D eigenvalue weighted by molar-refractivity contribution is 5.86. The molecule has 0 bridgehead atoms. The molecule has 0 radical (unpaired) electrons. The largest absolute Gasteiger partial charge is 0.473 e. The minimum absolute atomic E-state index is 0.495. The molecule has 0 rings (SSSR count). The van der Waals surface area contributed by atoms with E-state index in [-0.39, 0.29) is 0 Å². The molecule has 0 heterocycles. The molecule has 0 fully saturated rings. The van der Waals surface area contributed by atoms with Gasteiger partial charge in [0.1, 0.15) is 0 Å². The van der Waals surface area contributed by atoms with Crippen LogP contribution in [0.25, 0.3) is 0 Å².